The number of aromatic nitrogens is 1. The van der Waals surface area contributed by atoms with Gasteiger partial charge in [0.25, 0.3) is 5.91 Å². The molecule has 0 saturated carbocycles. The number of nitrogens with one attached hydrogen (secondary N) is 2. The van der Waals surface area contributed by atoms with Crippen molar-refractivity contribution in [1.82, 2.24) is 10.3 Å². The van der Waals surface area contributed by atoms with Crippen molar-refractivity contribution in [2.75, 3.05) is 19.8 Å². The van der Waals surface area contributed by atoms with Crippen molar-refractivity contribution >= 4 is 16.8 Å². The van der Waals surface area contributed by atoms with E-state index in [9.17, 15) is 9.59 Å². The molecule has 0 aliphatic rings. The minimum Gasteiger partial charge on any atom is -0.382 e. The molecule has 0 fully saturated rings. The molecule has 5 heteroatoms. The Morgan fingerprint density at radius 2 is 2.14 bits per heavy atom. The molecule has 1 aromatic heterocycles. The summed E-state index contributed by atoms with van der Waals surface area (Å²) in [5, 5.41) is 3.31. The highest BCUT2D eigenvalue weighted by molar-refractivity contribution is 5.97. The van der Waals surface area contributed by atoms with Gasteiger partial charge in [0, 0.05) is 36.9 Å². The molecule has 0 spiro atoms. The zero-order valence-electron chi connectivity index (χ0n) is 13.1. The van der Waals surface area contributed by atoms with Crippen LogP contribution in [0.3, 0.4) is 0 Å². The fourth-order valence-corrected chi connectivity index (χ4v) is 2.27. The summed E-state index contributed by atoms with van der Waals surface area (Å²) in [7, 11) is 0. The first-order valence-electron chi connectivity index (χ1n) is 7.67. The second kappa shape index (κ2) is 7.75. The van der Waals surface area contributed by atoms with E-state index in [1.165, 1.54) is 6.20 Å². The van der Waals surface area contributed by atoms with E-state index in [-0.39, 0.29) is 16.9 Å². The van der Waals surface area contributed by atoms with Crippen molar-refractivity contribution < 1.29 is 9.53 Å². The Bertz CT molecular complexity index is 707. The van der Waals surface area contributed by atoms with E-state index >= 15 is 0 Å². The number of amides is 1. The van der Waals surface area contributed by atoms with E-state index in [0.717, 1.165) is 23.9 Å². The molecule has 0 radical (unpaired) electrons. The average Bonchev–Trinajstić information content (AvgIpc) is 2.54. The minimum absolute atomic E-state index is 0.150. The van der Waals surface area contributed by atoms with Gasteiger partial charge in [-0.05, 0) is 37.5 Å². The topological polar surface area (TPSA) is 71.2 Å². The normalized spacial score (nSPS) is 10.8. The molecule has 0 aliphatic heterocycles. The SMILES string of the molecule is CCOCCCNC(=O)c1c[nH]c2ccc(CC)cc2c1=O. The number of ether oxygens (including phenoxy) is 1. The fourth-order valence-electron chi connectivity index (χ4n) is 2.27. The lowest BCUT2D eigenvalue weighted by Crippen LogP contribution is -2.30. The largest absolute Gasteiger partial charge is 0.382 e. The minimum atomic E-state index is -0.346. The number of carbonyl (C=O) groups is 1. The van der Waals surface area contributed by atoms with Crippen LogP contribution in [0.2, 0.25) is 0 Å². The Balaban J connectivity index is 2.15. The number of carbonyl (C=O) groups excluding carboxylic acids is 1. The van der Waals surface area contributed by atoms with Gasteiger partial charge in [-0.1, -0.05) is 13.0 Å². The number of hydrogen-bond donors (Lipinski definition) is 2. The Hall–Kier alpha value is -2.14. The average molecular weight is 302 g/mol. The van der Waals surface area contributed by atoms with E-state index < -0.39 is 0 Å². The number of rotatable bonds is 7. The Kier molecular flexibility index (Phi) is 5.72. The third-order valence-corrected chi connectivity index (χ3v) is 3.55. The molecular weight excluding hydrogens is 280 g/mol. The second-order valence-corrected chi connectivity index (χ2v) is 5.07. The van der Waals surface area contributed by atoms with Gasteiger partial charge in [0.15, 0.2) is 0 Å². The summed E-state index contributed by atoms with van der Waals surface area (Å²) in [6.07, 6.45) is 3.06. The van der Waals surface area contributed by atoms with E-state index in [2.05, 4.69) is 10.3 Å². The summed E-state index contributed by atoms with van der Waals surface area (Å²) in [5.74, 6) is -0.346. The first-order valence-corrected chi connectivity index (χ1v) is 7.67. The van der Waals surface area contributed by atoms with Gasteiger partial charge in [-0.25, -0.2) is 0 Å². The quantitative estimate of drug-likeness (QED) is 0.771. The van der Waals surface area contributed by atoms with E-state index in [4.69, 9.17) is 4.74 Å². The van der Waals surface area contributed by atoms with Crippen LogP contribution in [-0.4, -0.2) is 30.6 Å². The Morgan fingerprint density at radius 1 is 1.32 bits per heavy atom. The second-order valence-electron chi connectivity index (χ2n) is 5.07. The number of fused-ring (bicyclic) bond motifs is 1. The molecular formula is C17H22N2O3. The molecule has 1 aromatic carbocycles. The van der Waals surface area contributed by atoms with Crippen LogP contribution in [0.15, 0.2) is 29.2 Å². The van der Waals surface area contributed by atoms with Crippen molar-refractivity contribution in [2.45, 2.75) is 26.7 Å². The molecule has 2 aromatic rings. The van der Waals surface area contributed by atoms with Crippen molar-refractivity contribution in [1.29, 1.82) is 0 Å². The van der Waals surface area contributed by atoms with Crippen LogP contribution in [0.1, 0.15) is 36.2 Å². The first kappa shape index (κ1) is 16.2. The van der Waals surface area contributed by atoms with E-state index in [1.807, 2.05) is 32.0 Å². The first-order chi connectivity index (χ1) is 10.7. The van der Waals surface area contributed by atoms with Crippen LogP contribution in [0.5, 0.6) is 0 Å². The third kappa shape index (κ3) is 3.74. The molecule has 2 rings (SSSR count). The molecule has 0 bridgehead atoms. The number of aromatic amines is 1. The maximum atomic E-state index is 12.5. The molecule has 118 valence electrons. The van der Waals surface area contributed by atoms with Crippen LogP contribution < -0.4 is 10.7 Å². The third-order valence-electron chi connectivity index (χ3n) is 3.55. The number of H-pyrrole nitrogens is 1. The number of hydrogen-bond acceptors (Lipinski definition) is 3. The summed E-state index contributed by atoms with van der Waals surface area (Å²) in [6.45, 7) is 5.72. The number of benzene rings is 1. The van der Waals surface area contributed by atoms with Crippen LogP contribution in [0, 0.1) is 0 Å². The van der Waals surface area contributed by atoms with Gasteiger partial charge in [-0.2, -0.15) is 0 Å². The molecule has 1 heterocycles. The molecule has 0 saturated heterocycles. The zero-order chi connectivity index (χ0) is 15.9. The number of aryl methyl sites for hydroxylation is 1. The maximum Gasteiger partial charge on any atom is 0.256 e. The highest BCUT2D eigenvalue weighted by Crippen LogP contribution is 2.11. The van der Waals surface area contributed by atoms with Gasteiger partial charge < -0.3 is 15.0 Å². The highest BCUT2D eigenvalue weighted by Gasteiger charge is 2.12. The predicted octanol–water partition coefficient (Wildman–Crippen LogP) is 2.25. The van der Waals surface area contributed by atoms with Gasteiger partial charge in [-0.15, -0.1) is 0 Å². The van der Waals surface area contributed by atoms with Crippen molar-refractivity contribution in [3.05, 3.63) is 45.7 Å². The van der Waals surface area contributed by atoms with Crippen molar-refractivity contribution in [3.63, 3.8) is 0 Å². The van der Waals surface area contributed by atoms with Crippen LogP contribution >= 0.6 is 0 Å². The van der Waals surface area contributed by atoms with Gasteiger partial charge in [0.05, 0.1) is 0 Å². The van der Waals surface area contributed by atoms with Gasteiger partial charge in [0.2, 0.25) is 5.43 Å². The predicted molar refractivity (Wildman–Crippen MR) is 87.4 cm³/mol. The van der Waals surface area contributed by atoms with Crippen LogP contribution in [-0.2, 0) is 11.2 Å². The van der Waals surface area contributed by atoms with Crippen LogP contribution in [0.4, 0.5) is 0 Å². The molecule has 22 heavy (non-hydrogen) atoms. The lowest BCUT2D eigenvalue weighted by Gasteiger charge is -2.07. The van der Waals surface area contributed by atoms with Gasteiger partial charge >= 0.3 is 0 Å². The summed E-state index contributed by atoms with van der Waals surface area (Å²) >= 11 is 0. The molecule has 5 nitrogen and oxygen atoms in total. The fraction of sp³-hybridized carbons (Fsp3) is 0.412. The zero-order valence-corrected chi connectivity index (χ0v) is 13.1. The molecule has 1 amide bonds. The van der Waals surface area contributed by atoms with Gasteiger partial charge in [-0.3, -0.25) is 9.59 Å². The van der Waals surface area contributed by atoms with E-state index in [1.54, 1.807) is 0 Å². The summed E-state index contributed by atoms with van der Waals surface area (Å²) in [6, 6.07) is 5.70. The molecule has 2 N–H and O–H groups in total. The van der Waals surface area contributed by atoms with Crippen molar-refractivity contribution in [3.8, 4) is 0 Å². The lowest BCUT2D eigenvalue weighted by molar-refractivity contribution is 0.0943. The van der Waals surface area contributed by atoms with E-state index in [0.29, 0.717) is 25.1 Å². The monoisotopic (exact) mass is 302 g/mol. The number of pyridine rings is 1. The highest BCUT2D eigenvalue weighted by atomic mass is 16.5. The molecule has 0 unspecified atom stereocenters. The smallest absolute Gasteiger partial charge is 0.256 e. The molecule has 0 aliphatic carbocycles. The Labute approximate surface area is 129 Å². The summed E-state index contributed by atoms with van der Waals surface area (Å²) in [5.41, 5.74) is 1.74. The Morgan fingerprint density at radius 3 is 2.86 bits per heavy atom. The summed E-state index contributed by atoms with van der Waals surface area (Å²) < 4.78 is 5.21. The standard InChI is InChI=1S/C17H22N2O3/c1-3-12-6-7-15-13(10-12)16(20)14(11-19-15)17(21)18-8-5-9-22-4-2/h6-7,10-11H,3-5,8-9H2,1-2H3,(H,18,21)(H,19,20). The van der Waals surface area contributed by atoms with Crippen molar-refractivity contribution in [2.24, 2.45) is 0 Å². The van der Waals surface area contributed by atoms with Crippen LogP contribution in [0.25, 0.3) is 10.9 Å². The van der Waals surface area contributed by atoms with Gasteiger partial charge in [0.1, 0.15) is 5.56 Å². The summed E-state index contributed by atoms with van der Waals surface area (Å²) in [4.78, 5) is 27.6. The molecule has 0 atom stereocenters. The lowest BCUT2D eigenvalue weighted by atomic mass is 10.1. The maximum absolute atomic E-state index is 12.5.